The summed E-state index contributed by atoms with van der Waals surface area (Å²) in [6.07, 6.45) is 10.7. The lowest BCUT2D eigenvalue weighted by Crippen LogP contribution is -2.51. The van der Waals surface area contributed by atoms with Gasteiger partial charge in [0.05, 0.1) is 48.3 Å². The zero-order valence-electron chi connectivity index (χ0n) is 28.0. The molecule has 6 rings (SSSR count). The maximum absolute atomic E-state index is 6.50. The average Bonchev–Trinajstić information content (AvgIpc) is 3.74. The second kappa shape index (κ2) is 16.0. The quantitative estimate of drug-likeness (QED) is 0.175. The molecule has 1 saturated carbocycles. The van der Waals surface area contributed by atoms with Crippen molar-refractivity contribution in [3.63, 3.8) is 0 Å². The minimum absolute atomic E-state index is 0.218. The van der Waals surface area contributed by atoms with E-state index in [-0.39, 0.29) is 24.4 Å². The van der Waals surface area contributed by atoms with Gasteiger partial charge in [0.15, 0.2) is 0 Å². The van der Waals surface area contributed by atoms with Crippen LogP contribution >= 0.6 is 11.6 Å². The summed E-state index contributed by atoms with van der Waals surface area (Å²) in [7, 11) is 1.69. The van der Waals surface area contributed by atoms with Crippen molar-refractivity contribution in [3.05, 3.63) is 48.0 Å². The van der Waals surface area contributed by atoms with Crippen LogP contribution in [0.5, 0.6) is 11.6 Å². The number of methoxy groups -OCH3 is 1. The molecular weight excluding hydrogens is 636 g/mol. The zero-order valence-corrected chi connectivity index (χ0v) is 28.8. The first-order valence-electron chi connectivity index (χ1n) is 16.7. The molecule has 258 valence electrons. The van der Waals surface area contributed by atoms with E-state index in [4.69, 9.17) is 40.6 Å². The van der Waals surface area contributed by atoms with Crippen LogP contribution in [0, 0.1) is 0 Å². The molecule has 3 aromatic heterocycles. The van der Waals surface area contributed by atoms with Crippen molar-refractivity contribution in [1.29, 1.82) is 0 Å². The topological polar surface area (TPSA) is 139 Å². The van der Waals surface area contributed by atoms with Crippen LogP contribution in [0.1, 0.15) is 58.9 Å². The second-order valence-electron chi connectivity index (χ2n) is 12.7. The van der Waals surface area contributed by atoms with E-state index in [2.05, 4.69) is 49.3 Å². The molecule has 0 radical (unpaired) electrons. The molecule has 0 unspecified atom stereocenters. The molecule has 2 aliphatic rings. The van der Waals surface area contributed by atoms with Gasteiger partial charge in [0.25, 0.3) is 5.88 Å². The SMILES string of the molecule is COCCCOc1nn(C2CCC(N3C[C@@H](C)O[C@@H](C)C3)CC2)cc1Nc1nccc(-c2ccc(Cl)c(O[C@@H](C)Cn3cnnn3)c2)n1. The van der Waals surface area contributed by atoms with Gasteiger partial charge in [0, 0.05) is 51.0 Å². The summed E-state index contributed by atoms with van der Waals surface area (Å²) in [5.41, 5.74) is 2.27. The van der Waals surface area contributed by atoms with Crippen molar-refractivity contribution < 1.29 is 18.9 Å². The zero-order chi connectivity index (χ0) is 33.5. The minimum atomic E-state index is -0.218. The lowest BCUT2D eigenvalue weighted by atomic mass is 9.89. The molecule has 14 nitrogen and oxygen atoms in total. The van der Waals surface area contributed by atoms with Crippen molar-refractivity contribution in [2.45, 2.75) is 89.8 Å². The minimum Gasteiger partial charge on any atom is -0.487 e. The molecule has 0 amide bonds. The number of tetrazole rings is 1. The van der Waals surface area contributed by atoms with Crippen molar-refractivity contribution in [2.24, 2.45) is 0 Å². The van der Waals surface area contributed by atoms with Crippen LogP contribution in [-0.4, -0.2) is 103 Å². The predicted octanol–water partition coefficient (Wildman–Crippen LogP) is 5.20. The smallest absolute Gasteiger partial charge is 0.256 e. The van der Waals surface area contributed by atoms with Gasteiger partial charge >= 0.3 is 0 Å². The molecule has 4 aromatic rings. The molecular formula is C33H45ClN10O4. The fraction of sp³-hybridized carbons (Fsp3) is 0.576. The van der Waals surface area contributed by atoms with E-state index in [1.165, 1.54) is 0 Å². The van der Waals surface area contributed by atoms with Crippen LogP contribution in [-0.2, 0) is 16.0 Å². The number of benzene rings is 1. The maximum atomic E-state index is 6.50. The first-order chi connectivity index (χ1) is 23.3. The largest absolute Gasteiger partial charge is 0.487 e. The fourth-order valence-corrected chi connectivity index (χ4v) is 6.73. The number of rotatable bonds is 14. The lowest BCUT2D eigenvalue weighted by Gasteiger charge is -2.42. The fourth-order valence-electron chi connectivity index (χ4n) is 6.56. The highest BCUT2D eigenvalue weighted by Crippen LogP contribution is 2.36. The van der Waals surface area contributed by atoms with Crippen LogP contribution in [0.25, 0.3) is 11.3 Å². The molecule has 0 bridgehead atoms. The van der Waals surface area contributed by atoms with E-state index >= 15 is 0 Å². The van der Waals surface area contributed by atoms with Crippen LogP contribution in [0.3, 0.4) is 0 Å². The Labute approximate surface area is 286 Å². The van der Waals surface area contributed by atoms with Gasteiger partial charge < -0.3 is 24.3 Å². The molecule has 1 aromatic carbocycles. The van der Waals surface area contributed by atoms with Gasteiger partial charge in [-0.25, -0.2) is 14.6 Å². The van der Waals surface area contributed by atoms with E-state index in [0.717, 1.165) is 56.4 Å². The van der Waals surface area contributed by atoms with Gasteiger partial charge in [-0.15, -0.1) is 10.2 Å². The highest BCUT2D eigenvalue weighted by Gasteiger charge is 2.32. The monoisotopic (exact) mass is 680 g/mol. The van der Waals surface area contributed by atoms with E-state index < -0.39 is 0 Å². The number of morpholine rings is 1. The van der Waals surface area contributed by atoms with E-state index in [1.807, 2.05) is 31.3 Å². The van der Waals surface area contributed by atoms with Gasteiger partial charge in [0.2, 0.25) is 5.95 Å². The number of halogens is 1. The van der Waals surface area contributed by atoms with Gasteiger partial charge in [0.1, 0.15) is 23.9 Å². The number of anilines is 2. The average molecular weight is 681 g/mol. The Bertz CT molecular complexity index is 1590. The Morgan fingerprint density at radius 3 is 2.60 bits per heavy atom. The van der Waals surface area contributed by atoms with Crippen molar-refractivity contribution in [3.8, 4) is 22.9 Å². The Kier molecular flexibility index (Phi) is 11.4. The third kappa shape index (κ3) is 8.78. The molecule has 4 heterocycles. The summed E-state index contributed by atoms with van der Waals surface area (Å²) < 4.78 is 27.1. The highest BCUT2D eigenvalue weighted by atomic mass is 35.5. The molecule has 48 heavy (non-hydrogen) atoms. The first-order valence-corrected chi connectivity index (χ1v) is 17.1. The van der Waals surface area contributed by atoms with Crippen molar-refractivity contribution in [2.75, 3.05) is 38.7 Å². The number of ether oxygens (including phenoxy) is 4. The molecule has 2 fully saturated rings. The molecule has 0 spiro atoms. The van der Waals surface area contributed by atoms with Gasteiger partial charge in [-0.05, 0) is 75.1 Å². The Hall–Kier alpha value is -3.85. The summed E-state index contributed by atoms with van der Waals surface area (Å²) in [5.74, 6) is 1.50. The Morgan fingerprint density at radius 1 is 1.06 bits per heavy atom. The van der Waals surface area contributed by atoms with Crippen LogP contribution in [0.4, 0.5) is 11.6 Å². The maximum Gasteiger partial charge on any atom is 0.256 e. The molecule has 1 saturated heterocycles. The molecule has 3 atom stereocenters. The van der Waals surface area contributed by atoms with Crippen LogP contribution in [0.15, 0.2) is 43.0 Å². The summed E-state index contributed by atoms with van der Waals surface area (Å²) in [6.45, 7) is 9.85. The highest BCUT2D eigenvalue weighted by molar-refractivity contribution is 6.32. The number of hydrogen-bond acceptors (Lipinski definition) is 12. The summed E-state index contributed by atoms with van der Waals surface area (Å²) in [6, 6.07) is 8.30. The number of aromatic nitrogens is 8. The summed E-state index contributed by atoms with van der Waals surface area (Å²) in [4.78, 5) is 11.9. The molecule has 1 N–H and O–H groups in total. The van der Waals surface area contributed by atoms with Crippen LogP contribution < -0.4 is 14.8 Å². The van der Waals surface area contributed by atoms with E-state index in [1.54, 1.807) is 30.4 Å². The van der Waals surface area contributed by atoms with Gasteiger partial charge in [-0.3, -0.25) is 9.58 Å². The van der Waals surface area contributed by atoms with Crippen molar-refractivity contribution >= 4 is 23.2 Å². The van der Waals surface area contributed by atoms with E-state index in [0.29, 0.717) is 54.1 Å². The van der Waals surface area contributed by atoms with Crippen molar-refractivity contribution in [1.82, 2.24) is 44.9 Å². The van der Waals surface area contributed by atoms with Gasteiger partial charge in [-0.1, -0.05) is 17.7 Å². The normalized spacial score (nSPS) is 22.4. The Balaban J connectivity index is 1.15. The predicted molar refractivity (Wildman–Crippen MR) is 181 cm³/mol. The number of nitrogens with one attached hydrogen (secondary N) is 1. The van der Waals surface area contributed by atoms with E-state index in [9.17, 15) is 0 Å². The van der Waals surface area contributed by atoms with Gasteiger partial charge in [-0.2, -0.15) is 0 Å². The summed E-state index contributed by atoms with van der Waals surface area (Å²) >= 11 is 6.50. The third-order valence-corrected chi connectivity index (χ3v) is 9.04. The lowest BCUT2D eigenvalue weighted by molar-refractivity contribution is -0.0852. The number of nitrogens with zero attached hydrogens (tertiary/aromatic N) is 9. The standard InChI is InChI=1S/C33H45ClN10O4/c1-22-17-42(18-23(2)47-22)26-7-9-27(10-8-26)44-20-30(32(39-44)46-15-5-14-45-4)38-33-35-13-12-29(37-33)25-6-11-28(34)31(16-25)48-24(3)19-43-21-36-40-41-43/h6,11-13,16,20-24,26-27H,5,7-10,14-15,17-19H2,1-4H3,(H,35,37,38)/t22-,23+,24-,26?,27?/m0/s1. The molecule has 1 aliphatic heterocycles. The molecule has 15 heteroatoms. The second-order valence-corrected chi connectivity index (χ2v) is 13.1. The Morgan fingerprint density at radius 2 is 1.85 bits per heavy atom. The third-order valence-electron chi connectivity index (χ3n) is 8.73. The summed E-state index contributed by atoms with van der Waals surface area (Å²) in [5, 5.41) is 20.0. The van der Waals surface area contributed by atoms with Crippen LogP contribution in [0.2, 0.25) is 5.02 Å². The number of hydrogen-bond donors (Lipinski definition) is 1. The first kappa shape index (κ1) is 34.0. The molecule has 1 aliphatic carbocycles.